The van der Waals surface area contributed by atoms with E-state index < -0.39 is 10.0 Å². The van der Waals surface area contributed by atoms with Gasteiger partial charge >= 0.3 is 0 Å². The van der Waals surface area contributed by atoms with Crippen LogP contribution in [-0.2, 0) is 16.6 Å². The van der Waals surface area contributed by atoms with E-state index in [0.717, 1.165) is 31.2 Å². The standard InChI is InChI=1S/C15H23ClN2O2S/c1-15(2)7-5-12(6-8-15)18-21(19,20)14-9-11(10-17)3-4-13(14)16/h3-4,9,12,18H,5-8,10,17H2,1-2H3. The molecule has 1 fully saturated rings. The summed E-state index contributed by atoms with van der Waals surface area (Å²) in [5, 5.41) is 0.232. The number of benzene rings is 1. The molecule has 1 aromatic rings. The first kappa shape index (κ1) is 16.7. The summed E-state index contributed by atoms with van der Waals surface area (Å²) in [7, 11) is -3.60. The second kappa shape index (κ2) is 6.24. The Morgan fingerprint density at radius 3 is 2.52 bits per heavy atom. The first-order valence-corrected chi connectivity index (χ1v) is 9.10. The molecule has 3 N–H and O–H groups in total. The smallest absolute Gasteiger partial charge is 0.242 e. The van der Waals surface area contributed by atoms with E-state index in [0.29, 0.717) is 5.41 Å². The van der Waals surface area contributed by atoms with Crippen LogP contribution in [0.1, 0.15) is 45.1 Å². The third kappa shape index (κ3) is 4.19. The normalized spacial score (nSPS) is 19.6. The molecule has 0 aromatic heterocycles. The molecule has 1 aromatic carbocycles. The maximum absolute atomic E-state index is 12.5. The average Bonchev–Trinajstić information content (AvgIpc) is 2.41. The Bertz CT molecular complexity index is 604. The Labute approximate surface area is 132 Å². The summed E-state index contributed by atoms with van der Waals surface area (Å²) in [6, 6.07) is 4.87. The molecule has 0 aliphatic heterocycles. The van der Waals surface area contributed by atoms with Crippen molar-refractivity contribution in [3.63, 3.8) is 0 Å². The maximum atomic E-state index is 12.5. The minimum atomic E-state index is -3.60. The van der Waals surface area contributed by atoms with Crippen molar-refractivity contribution in [3.05, 3.63) is 28.8 Å². The van der Waals surface area contributed by atoms with Crippen molar-refractivity contribution in [1.29, 1.82) is 0 Å². The van der Waals surface area contributed by atoms with Crippen molar-refractivity contribution in [3.8, 4) is 0 Å². The summed E-state index contributed by atoms with van der Waals surface area (Å²) < 4.78 is 27.8. The van der Waals surface area contributed by atoms with Crippen LogP contribution in [0.3, 0.4) is 0 Å². The number of halogens is 1. The van der Waals surface area contributed by atoms with Crippen molar-refractivity contribution >= 4 is 21.6 Å². The fourth-order valence-corrected chi connectivity index (χ4v) is 4.54. The van der Waals surface area contributed by atoms with Crippen LogP contribution in [0.2, 0.25) is 5.02 Å². The van der Waals surface area contributed by atoms with Gasteiger partial charge in [0.2, 0.25) is 10.0 Å². The zero-order valence-electron chi connectivity index (χ0n) is 12.5. The number of rotatable bonds is 4. The lowest BCUT2D eigenvalue weighted by atomic mass is 9.76. The number of nitrogens with one attached hydrogen (secondary N) is 1. The molecule has 1 saturated carbocycles. The molecule has 0 heterocycles. The van der Waals surface area contributed by atoms with E-state index in [-0.39, 0.29) is 22.5 Å². The zero-order valence-corrected chi connectivity index (χ0v) is 14.1. The Morgan fingerprint density at radius 2 is 1.95 bits per heavy atom. The fraction of sp³-hybridized carbons (Fsp3) is 0.600. The lowest BCUT2D eigenvalue weighted by Crippen LogP contribution is -2.39. The van der Waals surface area contributed by atoms with Crippen LogP contribution in [-0.4, -0.2) is 14.5 Å². The number of hydrogen-bond donors (Lipinski definition) is 2. The average molecular weight is 331 g/mol. The summed E-state index contributed by atoms with van der Waals surface area (Å²) in [6.07, 6.45) is 3.77. The van der Waals surface area contributed by atoms with E-state index in [9.17, 15) is 8.42 Å². The second-order valence-electron chi connectivity index (χ2n) is 6.53. The largest absolute Gasteiger partial charge is 0.326 e. The molecule has 1 aliphatic rings. The quantitative estimate of drug-likeness (QED) is 0.891. The number of sulfonamides is 1. The van der Waals surface area contributed by atoms with Gasteiger partial charge in [0, 0.05) is 12.6 Å². The molecule has 21 heavy (non-hydrogen) atoms. The maximum Gasteiger partial charge on any atom is 0.242 e. The minimum absolute atomic E-state index is 0.0133. The molecule has 1 aliphatic carbocycles. The van der Waals surface area contributed by atoms with Gasteiger partial charge in [0.05, 0.1) is 5.02 Å². The highest BCUT2D eigenvalue weighted by atomic mass is 35.5. The summed E-state index contributed by atoms with van der Waals surface area (Å²) in [4.78, 5) is 0.122. The third-order valence-corrected chi connectivity index (χ3v) is 6.18. The Morgan fingerprint density at radius 1 is 1.33 bits per heavy atom. The van der Waals surface area contributed by atoms with Gasteiger partial charge in [0.1, 0.15) is 4.90 Å². The van der Waals surface area contributed by atoms with Crippen molar-refractivity contribution < 1.29 is 8.42 Å². The Balaban J connectivity index is 2.16. The second-order valence-corrected chi connectivity index (χ2v) is 8.62. The topological polar surface area (TPSA) is 72.2 Å². The van der Waals surface area contributed by atoms with E-state index in [1.807, 2.05) is 0 Å². The third-order valence-electron chi connectivity index (χ3n) is 4.18. The predicted molar refractivity (Wildman–Crippen MR) is 85.7 cm³/mol. The van der Waals surface area contributed by atoms with Crippen LogP contribution in [0, 0.1) is 5.41 Å². The monoisotopic (exact) mass is 330 g/mol. The van der Waals surface area contributed by atoms with E-state index in [2.05, 4.69) is 18.6 Å². The molecular weight excluding hydrogens is 308 g/mol. The van der Waals surface area contributed by atoms with Crippen LogP contribution in [0.5, 0.6) is 0 Å². The zero-order chi connectivity index (χ0) is 15.7. The fourth-order valence-electron chi connectivity index (χ4n) is 2.68. The van der Waals surface area contributed by atoms with Gasteiger partial charge in [-0.2, -0.15) is 0 Å². The van der Waals surface area contributed by atoms with E-state index >= 15 is 0 Å². The summed E-state index contributed by atoms with van der Waals surface area (Å²) >= 11 is 6.04. The van der Waals surface area contributed by atoms with Gasteiger partial charge in [-0.1, -0.05) is 31.5 Å². The van der Waals surface area contributed by atoms with Gasteiger partial charge in [-0.25, -0.2) is 13.1 Å². The molecule has 0 unspecified atom stereocenters. The van der Waals surface area contributed by atoms with Crippen molar-refractivity contribution in [2.24, 2.45) is 11.1 Å². The number of nitrogens with two attached hydrogens (primary N) is 1. The summed E-state index contributed by atoms with van der Waals surface area (Å²) in [5.41, 5.74) is 6.63. The first-order valence-electron chi connectivity index (χ1n) is 7.24. The van der Waals surface area contributed by atoms with Crippen molar-refractivity contribution in [1.82, 2.24) is 4.72 Å². The van der Waals surface area contributed by atoms with Gasteiger partial charge in [-0.15, -0.1) is 0 Å². The van der Waals surface area contributed by atoms with Crippen LogP contribution >= 0.6 is 11.6 Å². The number of hydrogen-bond acceptors (Lipinski definition) is 3. The van der Waals surface area contributed by atoms with Gasteiger partial charge in [-0.05, 0) is 48.8 Å². The van der Waals surface area contributed by atoms with Crippen LogP contribution < -0.4 is 10.5 Å². The predicted octanol–water partition coefficient (Wildman–Crippen LogP) is 3.05. The molecule has 2 rings (SSSR count). The Kier molecular flexibility index (Phi) is 4.98. The highest BCUT2D eigenvalue weighted by molar-refractivity contribution is 7.89. The van der Waals surface area contributed by atoms with Gasteiger partial charge in [-0.3, -0.25) is 0 Å². The molecule has 0 atom stereocenters. The minimum Gasteiger partial charge on any atom is -0.326 e. The van der Waals surface area contributed by atoms with Gasteiger partial charge in [0.25, 0.3) is 0 Å². The van der Waals surface area contributed by atoms with Crippen LogP contribution in [0.25, 0.3) is 0 Å². The molecule has 0 amide bonds. The highest BCUT2D eigenvalue weighted by Gasteiger charge is 2.30. The molecular formula is C15H23ClN2O2S. The Hall–Kier alpha value is -0.620. The van der Waals surface area contributed by atoms with E-state index in [1.165, 1.54) is 0 Å². The van der Waals surface area contributed by atoms with Gasteiger partial charge in [0.15, 0.2) is 0 Å². The molecule has 118 valence electrons. The first-order chi connectivity index (χ1) is 9.73. The van der Waals surface area contributed by atoms with Crippen molar-refractivity contribution in [2.45, 2.75) is 57.0 Å². The molecule has 0 saturated heterocycles. The van der Waals surface area contributed by atoms with Gasteiger partial charge < -0.3 is 5.73 Å². The van der Waals surface area contributed by atoms with E-state index in [1.54, 1.807) is 18.2 Å². The molecule has 0 bridgehead atoms. The van der Waals surface area contributed by atoms with Crippen LogP contribution in [0.4, 0.5) is 0 Å². The van der Waals surface area contributed by atoms with E-state index in [4.69, 9.17) is 17.3 Å². The molecule has 0 spiro atoms. The molecule has 0 radical (unpaired) electrons. The summed E-state index contributed by atoms with van der Waals surface area (Å²) in [6.45, 7) is 4.73. The molecule has 4 nitrogen and oxygen atoms in total. The SMILES string of the molecule is CC1(C)CCC(NS(=O)(=O)c2cc(CN)ccc2Cl)CC1. The summed E-state index contributed by atoms with van der Waals surface area (Å²) in [5.74, 6) is 0. The highest BCUT2D eigenvalue weighted by Crippen LogP contribution is 2.35. The van der Waals surface area contributed by atoms with Crippen molar-refractivity contribution in [2.75, 3.05) is 0 Å². The lowest BCUT2D eigenvalue weighted by Gasteiger charge is -2.34. The lowest BCUT2D eigenvalue weighted by molar-refractivity contribution is 0.218. The molecule has 6 heteroatoms. The van der Waals surface area contributed by atoms with Crippen LogP contribution in [0.15, 0.2) is 23.1 Å².